The van der Waals surface area contributed by atoms with Crippen molar-refractivity contribution in [3.8, 4) is 11.5 Å². The molecule has 0 saturated heterocycles. The van der Waals surface area contributed by atoms with Crippen LogP contribution < -0.4 is 5.32 Å². The van der Waals surface area contributed by atoms with Crippen molar-refractivity contribution in [2.75, 3.05) is 0 Å². The Morgan fingerprint density at radius 2 is 1.95 bits per heavy atom. The van der Waals surface area contributed by atoms with E-state index >= 15 is 0 Å². The van der Waals surface area contributed by atoms with Crippen molar-refractivity contribution < 1.29 is 10.2 Å². The normalized spacial score (nSPS) is 22.2. The Morgan fingerprint density at radius 1 is 1.18 bits per heavy atom. The molecule has 0 radical (unpaired) electrons. The highest BCUT2D eigenvalue weighted by atomic mass is 79.9. The average Bonchev–Trinajstić information content (AvgIpc) is 2.91. The lowest BCUT2D eigenvalue weighted by Crippen LogP contribution is -2.41. The summed E-state index contributed by atoms with van der Waals surface area (Å²) in [5.41, 5.74) is 3.76. The maximum Gasteiger partial charge on any atom is 0.157 e. The third-order valence-electron chi connectivity index (χ3n) is 4.78. The summed E-state index contributed by atoms with van der Waals surface area (Å²) in [5.74, 6) is 0.305. The number of aromatic hydroxyl groups is 2. The summed E-state index contributed by atoms with van der Waals surface area (Å²) in [6.45, 7) is 3.15. The topological polar surface area (TPSA) is 52.5 Å². The summed E-state index contributed by atoms with van der Waals surface area (Å²) >= 11 is 1.91. The molecule has 0 spiro atoms. The summed E-state index contributed by atoms with van der Waals surface area (Å²) < 4.78 is 0. The largest absolute Gasteiger partial charge is 0.504 e. The Morgan fingerprint density at radius 3 is 2.73 bits per heavy atom. The van der Waals surface area contributed by atoms with Crippen LogP contribution in [0, 0.1) is 0 Å². The molecule has 2 unspecified atom stereocenters. The number of phenolic OH excluding ortho intramolecular Hbond substituents is 2. The number of hydrogen-bond acceptors (Lipinski definition) is 4. The van der Waals surface area contributed by atoms with Crippen LogP contribution in [0.15, 0.2) is 18.2 Å². The molecule has 0 saturated carbocycles. The van der Waals surface area contributed by atoms with E-state index in [9.17, 15) is 10.2 Å². The second-order valence-electron chi connectivity index (χ2n) is 6.00. The number of fused-ring (bicyclic) bond motifs is 5. The molecule has 0 amide bonds. The molecule has 1 aromatic carbocycles. The second-order valence-corrected chi connectivity index (χ2v) is 7.17. The first-order valence-corrected chi connectivity index (χ1v) is 8.38. The number of thiophene rings is 1. The minimum Gasteiger partial charge on any atom is -0.504 e. The Hall–Kier alpha value is -1.04. The zero-order valence-corrected chi connectivity index (χ0v) is 15.0. The van der Waals surface area contributed by atoms with Gasteiger partial charge in [0.15, 0.2) is 11.5 Å². The monoisotopic (exact) mass is 381 g/mol. The molecule has 2 heterocycles. The summed E-state index contributed by atoms with van der Waals surface area (Å²) in [6.07, 6.45) is 3.11. The van der Waals surface area contributed by atoms with Crippen molar-refractivity contribution in [3.05, 3.63) is 44.6 Å². The third-order valence-corrected chi connectivity index (χ3v) is 6.18. The van der Waals surface area contributed by atoms with Crippen LogP contribution in [0.2, 0.25) is 0 Å². The van der Waals surface area contributed by atoms with Crippen LogP contribution in [-0.4, -0.2) is 16.3 Å². The lowest BCUT2D eigenvalue weighted by Gasteiger charge is -2.38. The lowest BCUT2D eigenvalue weighted by molar-refractivity contribution is 0.383. The van der Waals surface area contributed by atoms with Gasteiger partial charge in [-0.15, -0.1) is 28.3 Å². The molecule has 4 rings (SSSR count). The standard InChI is InChI=1S/C17H19NO2S.BrH/c1-2-11-5-10-8-18-13-4-3-9-6-14(19)15(20)7-12(9)16(13)17(10)21-11;/h5-7,13,16,18-20H,2-4,8H2,1H3;1H. The Balaban J connectivity index is 0.00000144. The first-order chi connectivity index (χ1) is 10.2. The van der Waals surface area contributed by atoms with Crippen LogP contribution in [0.4, 0.5) is 0 Å². The van der Waals surface area contributed by atoms with Gasteiger partial charge in [0, 0.05) is 28.3 Å². The van der Waals surface area contributed by atoms with Crippen molar-refractivity contribution in [1.29, 1.82) is 0 Å². The molecule has 5 heteroatoms. The van der Waals surface area contributed by atoms with E-state index in [1.54, 1.807) is 12.1 Å². The molecule has 3 nitrogen and oxygen atoms in total. The Labute approximate surface area is 144 Å². The van der Waals surface area contributed by atoms with Gasteiger partial charge in [0.25, 0.3) is 0 Å². The molecule has 2 atom stereocenters. The van der Waals surface area contributed by atoms with Gasteiger partial charge in [0.2, 0.25) is 0 Å². The van der Waals surface area contributed by atoms with E-state index in [0.717, 1.165) is 25.8 Å². The number of nitrogens with one attached hydrogen (secondary N) is 1. The van der Waals surface area contributed by atoms with Crippen molar-refractivity contribution in [2.24, 2.45) is 0 Å². The van der Waals surface area contributed by atoms with E-state index in [4.69, 9.17) is 0 Å². The van der Waals surface area contributed by atoms with Gasteiger partial charge in [-0.2, -0.15) is 0 Å². The highest BCUT2D eigenvalue weighted by molar-refractivity contribution is 8.93. The fourth-order valence-electron chi connectivity index (χ4n) is 3.70. The average molecular weight is 382 g/mol. The summed E-state index contributed by atoms with van der Waals surface area (Å²) in [4.78, 5) is 2.87. The van der Waals surface area contributed by atoms with Gasteiger partial charge >= 0.3 is 0 Å². The van der Waals surface area contributed by atoms with E-state index in [0.29, 0.717) is 12.0 Å². The number of rotatable bonds is 1. The fraction of sp³-hybridized carbons (Fsp3) is 0.412. The van der Waals surface area contributed by atoms with E-state index in [1.165, 1.54) is 26.4 Å². The maximum atomic E-state index is 9.90. The Kier molecular flexibility index (Phi) is 4.23. The second kappa shape index (κ2) is 5.87. The maximum absolute atomic E-state index is 9.90. The predicted molar refractivity (Wildman–Crippen MR) is 94.6 cm³/mol. The predicted octanol–water partition coefficient (Wildman–Crippen LogP) is 3.85. The number of hydrogen-bond donors (Lipinski definition) is 3. The van der Waals surface area contributed by atoms with Crippen LogP contribution in [-0.2, 0) is 19.4 Å². The quantitative estimate of drug-likeness (QED) is 0.657. The van der Waals surface area contributed by atoms with Crippen LogP contribution in [0.1, 0.15) is 45.7 Å². The van der Waals surface area contributed by atoms with Crippen LogP contribution in [0.3, 0.4) is 0 Å². The molecule has 22 heavy (non-hydrogen) atoms. The van der Waals surface area contributed by atoms with Crippen LogP contribution in [0.5, 0.6) is 11.5 Å². The number of benzene rings is 1. The van der Waals surface area contributed by atoms with E-state index in [1.807, 2.05) is 11.3 Å². The van der Waals surface area contributed by atoms with Crippen molar-refractivity contribution >= 4 is 28.3 Å². The van der Waals surface area contributed by atoms with Gasteiger partial charge in [-0.3, -0.25) is 0 Å². The molecule has 118 valence electrons. The van der Waals surface area contributed by atoms with Crippen LogP contribution >= 0.6 is 28.3 Å². The molecule has 1 aliphatic carbocycles. The first kappa shape index (κ1) is 15.8. The van der Waals surface area contributed by atoms with E-state index in [2.05, 4.69) is 18.3 Å². The highest BCUT2D eigenvalue weighted by Crippen LogP contribution is 2.46. The SMILES string of the molecule is Br.CCc1cc2c(s1)C1c3cc(O)c(O)cc3CCC1NC2. The number of aryl methyl sites for hydroxylation is 2. The Bertz CT molecular complexity index is 713. The summed E-state index contributed by atoms with van der Waals surface area (Å²) in [7, 11) is 0. The first-order valence-electron chi connectivity index (χ1n) is 7.57. The molecular weight excluding hydrogens is 362 g/mol. The number of phenols is 2. The zero-order valence-electron chi connectivity index (χ0n) is 12.4. The van der Waals surface area contributed by atoms with Gasteiger partial charge in [-0.05, 0) is 54.2 Å². The van der Waals surface area contributed by atoms with Gasteiger partial charge in [-0.25, -0.2) is 0 Å². The van der Waals surface area contributed by atoms with E-state index < -0.39 is 0 Å². The minimum absolute atomic E-state index is 0. The fourth-order valence-corrected chi connectivity index (χ4v) is 5.01. The molecule has 1 aliphatic heterocycles. The third kappa shape index (κ3) is 2.36. The number of halogens is 1. The van der Waals surface area contributed by atoms with Crippen LogP contribution in [0.25, 0.3) is 0 Å². The molecule has 2 aliphatic rings. The van der Waals surface area contributed by atoms with Gasteiger partial charge in [0.05, 0.1) is 0 Å². The summed E-state index contributed by atoms with van der Waals surface area (Å²) in [6, 6.07) is 6.27. The minimum atomic E-state index is -0.00575. The van der Waals surface area contributed by atoms with Crippen molar-refractivity contribution in [1.82, 2.24) is 5.32 Å². The molecule has 1 aromatic heterocycles. The molecule has 0 fully saturated rings. The molecule has 0 bridgehead atoms. The lowest BCUT2D eigenvalue weighted by atomic mass is 9.75. The molecule has 3 N–H and O–H groups in total. The van der Waals surface area contributed by atoms with Crippen molar-refractivity contribution in [2.45, 2.75) is 44.7 Å². The highest BCUT2D eigenvalue weighted by Gasteiger charge is 2.36. The van der Waals surface area contributed by atoms with Crippen molar-refractivity contribution in [3.63, 3.8) is 0 Å². The van der Waals surface area contributed by atoms with Gasteiger partial charge < -0.3 is 15.5 Å². The zero-order chi connectivity index (χ0) is 14.6. The van der Waals surface area contributed by atoms with Gasteiger partial charge in [-0.1, -0.05) is 6.92 Å². The summed E-state index contributed by atoms with van der Waals surface area (Å²) in [5, 5.41) is 23.3. The molecular formula is C17H20BrNO2S. The van der Waals surface area contributed by atoms with E-state index in [-0.39, 0.29) is 28.5 Å². The van der Waals surface area contributed by atoms with Gasteiger partial charge in [0.1, 0.15) is 0 Å². The molecule has 2 aromatic rings. The smallest absolute Gasteiger partial charge is 0.157 e.